The summed E-state index contributed by atoms with van der Waals surface area (Å²) < 4.78 is 34.5. The molecule has 0 unspecified atom stereocenters. The van der Waals surface area contributed by atoms with Crippen LogP contribution in [0, 0.1) is 0 Å². The molecule has 0 radical (unpaired) electrons. The van der Waals surface area contributed by atoms with E-state index in [1.54, 1.807) is 39.2 Å². The van der Waals surface area contributed by atoms with Crippen molar-refractivity contribution in [3.63, 3.8) is 0 Å². The molecule has 5 atom stereocenters. The van der Waals surface area contributed by atoms with Crippen LogP contribution in [0.2, 0.25) is 0 Å². The minimum Gasteiger partial charge on any atom is -0.497 e. The van der Waals surface area contributed by atoms with Gasteiger partial charge in [0.25, 0.3) is 0 Å². The molecule has 214 valence electrons. The third-order valence-corrected chi connectivity index (χ3v) is 7.46. The molecule has 0 saturated carbocycles. The monoisotopic (exact) mass is 559 g/mol. The van der Waals surface area contributed by atoms with E-state index in [1.165, 1.54) is 14.2 Å². The molecule has 1 heterocycles. The molecule has 1 aliphatic heterocycles. The first-order valence-electron chi connectivity index (χ1n) is 13.2. The first-order valence-corrected chi connectivity index (χ1v) is 13.2. The molecule has 1 N–H and O–H groups in total. The van der Waals surface area contributed by atoms with Crippen LogP contribution in [0.15, 0.2) is 78.9 Å². The lowest BCUT2D eigenvalue weighted by atomic mass is 9.85. The Kier molecular flexibility index (Phi) is 8.12. The number of nitrogens with one attached hydrogen (secondary N) is 1. The van der Waals surface area contributed by atoms with E-state index in [2.05, 4.69) is 5.32 Å². The highest BCUT2D eigenvalue weighted by Gasteiger charge is 2.58. The number of esters is 1. The van der Waals surface area contributed by atoms with Gasteiger partial charge in [-0.15, -0.1) is 0 Å². The van der Waals surface area contributed by atoms with Crippen LogP contribution in [0.3, 0.4) is 0 Å². The van der Waals surface area contributed by atoms with Gasteiger partial charge in [-0.2, -0.15) is 0 Å². The molecular formula is C32H33NO8. The Labute approximate surface area is 238 Å². The van der Waals surface area contributed by atoms with Crippen molar-refractivity contribution in [2.24, 2.45) is 0 Å². The number of amides is 1. The van der Waals surface area contributed by atoms with Gasteiger partial charge >= 0.3 is 12.1 Å². The van der Waals surface area contributed by atoms with Crippen LogP contribution in [0.1, 0.15) is 24.2 Å². The zero-order valence-electron chi connectivity index (χ0n) is 23.6. The number of carbonyl (C=O) groups excluding carboxylic acids is 2. The van der Waals surface area contributed by atoms with Crippen molar-refractivity contribution >= 4 is 39.3 Å². The zero-order valence-corrected chi connectivity index (χ0v) is 23.6. The summed E-state index contributed by atoms with van der Waals surface area (Å²) in [6.07, 6.45) is -4.25. The first-order chi connectivity index (χ1) is 19.7. The number of hydrogen-bond acceptors (Lipinski definition) is 8. The second-order valence-electron chi connectivity index (χ2n) is 10.1. The Balaban J connectivity index is 1.40. The average Bonchev–Trinajstić information content (AvgIpc) is 2.98. The maximum Gasteiger partial charge on any atom is 0.412 e. The predicted molar refractivity (Wildman–Crippen MR) is 154 cm³/mol. The van der Waals surface area contributed by atoms with Gasteiger partial charge in [-0.05, 0) is 71.8 Å². The lowest BCUT2D eigenvalue weighted by Gasteiger charge is -2.49. The van der Waals surface area contributed by atoms with E-state index < -0.39 is 42.3 Å². The van der Waals surface area contributed by atoms with Gasteiger partial charge in [0.2, 0.25) is 0 Å². The maximum atomic E-state index is 13.4. The normalized spacial score (nSPS) is 24.1. The molecule has 5 rings (SSSR count). The molecule has 0 spiro atoms. The summed E-state index contributed by atoms with van der Waals surface area (Å²) in [5.41, 5.74) is -0.592. The van der Waals surface area contributed by atoms with Crippen molar-refractivity contribution in [1.82, 2.24) is 0 Å². The molecule has 41 heavy (non-hydrogen) atoms. The lowest BCUT2D eigenvalue weighted by Crippen LogP contribution is -2.68. The molecule has 1 aliphatic rings. The van der Waals surface area contributed by atoms with E-state index >= 15 is 0 Å². The predicted octanol–water partition coefficient (Wildman–Crippen LogP) is 5.94. The quantitative estimate of drug-likeness (QED) is 0.278. The summed E-state index contributed by atoms with van der Waals surface area (Å²) in [4.78, 5) is 26.7. The molecule has 1 saturated heterocycles. The van der Waals surface area contributed by atoms with Gasteiger partial charge in [0.15, 0.2) is 24.1 Å². The molecular weight excluding hydrogens is 526 g/mol. The number of rotatable bonds is 7. The van der Waals surface area contributed by atoms with E-state index in [4.69, 9.17) is 28.4 Å². The number of benzene rings is 4. The Morgan fingerprint density at radius 2 is 1.49 bits per heavy atom. The molecule has 9 heteroatoms. The van der Waals surface area contributed by atoms with Crippen LogP contribution in [-0.2, 0) is 23.7 Å². The SMILES string of the molecule is COc1ccc2cc(NC(=O)O[C@@]3(C)[C@@H](OC)[C@H](OC)O[C@@H](C)[C@@H]3OC(=O)c3ccc4ccccc4c3)ccc2c1. The summed E-state index contributed by atoms with van der Waals surface area (Å²) in [5.74, 6) is 0.156. The van der Waals surface area contributed by atoms with Crippen molar-refractivity contribution in [1.29, 1.82) is 0 Å². The fourth-order valence-corrected chi connectivity index (χ4v) is 5.38. The third-order valence-electron chi connectivity index (χ3n) is 7.46. The first kappa shape index (κ1) is 28.4. The number of fused-ring (bicyclic) bond motifs is 2. The number of methoxy groups -OCH3 is 3. The van der Waals surface area contributed by atoms with Gasteiger partial charge in [-0.1, -0.05) is 42.5 Å². The van der Waals surface area contributed by atoms with Crippen LogP contribution < -0.4 is 10.1 Å². The summed E-state index contributed by atoms with van der Waals surface area (Å²) in [7, 11) is 4.53. The highest BCUT2D eigenvalue weighted by molar-refractivity contribution is 5.95. The second kappa shape index (κ2) is 11.7. The van der Waals surface area contributed by atoms with Crippen LogP contribution in [0.5, 0.6) is 5.75 Å². The maximum absolute atomic E-state index is 13.4. The smallest absolute Gasteiger partial charge is 0.412 e. The fraction of sp³-hybridized carbons (Fsp3) is 0.312. The molecule has 1 amide bonds. The zero-order chi connectivity index (χ0) is 29.1. The largest absolute Gasteiger partial charge is 0.497 e. The summed E-state index contributed by atoms with van der Waals surface area (Å²) >= 11 is 0. The second-order valence-corrected chi connectivity index (χ2v) is 10.1. The van der Waals surface area contributed by atoms with Crippen LogP contribution in [0.4, 0.5) is 10.5 Å². The van der Waals surface area contributed by atoms with Crippen LogP contribution in [0.25, 0.3) is 21.5 Å². The van der Waals surface area contributed by atoms with Crippen LogP contribution >= 0.6 is 0 Å². The van der Waals surface area contributed by atoms with Gasteiger partial charge < -0.3 is 28.4 Å². The van der Waals surface area contributed by atoms with Crippen molar-refractivity contribution in [2.45, 2.75) is 44.1 Å². The van der Waals surface area contributed by atoms with Crippen molar-refractivity contribution < 1.29 is 38.0 Å². The highest BCUT2D eigenvalue weighted by Crippen LogP contribution is 2.38. The molecule has 4 aromatic carbocycles. The number of carbonyl (C=O) groups is 2. The van der Waals surface area contributed by atoms with Crippen molar-refractivity contribution in [3.8, 4) is 5.75 Å². The highest BCUT2D eigenvalue weighted by atomic mass is 16.7. The van der Waals surface area contributed by atoms with E-state index in [0.717, 1.165) is 27.3 Å². The Bertz CT molecular complexity index is 1570. The van der Waals surface area contributed by atoms with Crippen molar-refractivity contribution in [2.75, 3.05) is 26.6 Å². The molecule has 0 bridgehead atoms. The topological polar surface area (TPSA) is 102 Å². The van der Waals surface area contributed by atoms with E-state index in [-0.39, 0.29) is 0 Å². The van der Waals surface area contributed by atoms with E-state index in [9.17, 15) is 9.59 Å². The van der Waals surface area contributed by atoms with Gasteiger partial charge in [0, 0.05) is 19.9 Å². The lowest BCUT2D eigenvalue weighted by molar-refractivity contribution is -0.317. The summed E-state index contributed by atoms with van der Waals surface area (Å²) in [6, 6.07) is 24.2. The standard InChI is InChI=1S/C32H33NO8/c1-19-27(40-29(34)24-11-10-20-8-6-7-9-21(20)16-24)32(2,28(37-4)30(38-5)39-19)41-31(35)33-25-14-12-23-18-26(36-3)15-13-22(23)17-25/h6-19,27-28,30H,1-5H3,(H,33,35)/t19-,27-,28-,30+,32+/m0/s1. The third kappa shape index (κ3) is 5.69. The van der Waals surface area contributed by atoms with E-state index in [0.29, 0.717) is 11.3 Å². The van der Waals surface area contributed by atoms with E-state index in [1.807, 2.05) is 60.7 Å². The summed E-state index contributed by atoms with van der Waals surface area (Å²) in [5, 5.41) is 6.54. The average molecular weight is 560 g/mol. The molecule has 0 aromatic heterocycles. The van der Waals surface area contributed by atoms with Crippen LogP contribution in [-0.4, -0.2) is 63.6 Å². The number of hydrogen-bond donors (Lipinski definition) is 1. The Morgan fingerprint density at radius 1 is 0.805 bits per heavy atom. The minimum atomic E-state index is -1.48. The van der Waals surface area contributed by atoms with Gasteiger partial charge in [0.05, 0.1) is 18.8 Å². The Morgan fingerprint density at radius 3 is 2.22 bits per heavy atom. The van der Waals surface area contributed by atoms with Gasteiger partial charge in [-0.3, -0.25) is 5.32 Å². The van der Waals surface area contributed by atoms with Crippen molar-refractivity contribution in [3.05, 3.63) is 84.4 Å². The molecule has 0 aliphatic carbocycles. The van der Waals surface area contributed by atoms with Gasteiger partial charge in [-0.25, -0.2) is 9.59 Å². The molecule has 4 aromatic rings. The molecule has 9 nitrogen and oxygen atoms in total. The Hall–Kier alpha value is -4.18. The number of anilines is 1. The number of ether oxygens (including phenoxy) is 6. The van der Waals surface area contributed by atoms with Gasteiger partial charge in [0.1, 0.15) is 5.75 Å². The molecule has 1 fully saturated rings. The minimum absolute atomic E-state index is 0.360. The summed E-state index contributed by atoms with van der Waals surface area (Å²) in [6.45, 7) is 3.38. The fourth-order valence-electron chi connectivity index (χ4n) is 5.38.